The number of aryl methyl sites for hydroxylation is 2. The van der Waals surface area contributed by atoms with E-state index in [0.29, 0.717) is 6.04 Å². The number of imidazole rings is 1. The summed E-state index contributed by atoms with van der Waals surface area (Å²) in [6.45, 7) is 4.47. The molecule has 1 heterocycles. The highest BCUT2D eigenvalue weighted by Gasteiger charge is 2.10. The Morgan fingerprint density at radius 3 is 2.72 bits per heavy atom. The molecule has 0 aliphatic rings. The average molecular weight is 252 g/mol. The van der Waals surface area contributed by atoms with E-state index in [0.717, 1.165) is 19.5 Å². The minimum atomic E-state index is 0.601. The first-order valence-corrected chi connectivity index (χ1v) is 6.97. The van der Waals surface area contributed by atoms with Crippen LogP contribution in [-0.4, -0.2) is 47.7 Å². The minimum Gasteiger partial charge on any atom is -0.338 e. The SMILES string of the molecule is CCCNC(CCc1nccn1C)CCN(C)C. The Morgan fingerprint density at radius 1 is 1.39 bits per heavy atom. The zero-order chi connectivity index (χ0) is 13.4. The van der Waals surface area contributed by atoms with Crippen molar-refractivity contribution in [3.8, 4) is 0 Å². The van der Waals surface area contributed by atoms with Gasteiger partial charge in [-0.2, -0.15) is 0 Å². The largest absolute Gasteiger partial charge is 0.338 e. The highest BCUT2D eigenvalue weighted by atomic mass is 15.1. The van der Waals surface area contributed by atoms with Gasteiger partial charge in [0.15, 0.2) is 0 Å². The van der Waals surface area contributed by atoms with Gasteiger partial charge in [0, 0.05) is 31.9 Å². The number of nitrogens with zero attached hydrogens (tertiary/aromatic N) is 3. The first-order chi connectivity index (χ1) is 8.63. The maximum absolute atomic E-state index is 4.39. The zero-order valence-corrected chi connectivity index (χ0v) is 12.3. The molecule has 4 nitrogen and oxygen atoms in total. The van der Waals surface area contributed by atoms with Gasteiger partial charge in [-0.3, -0.25) is 0 Å². The number of hydrogen-bond acceptors (Lipinski definition) is 3. The van der Waals surface area contributed by atoms with Gasteiger partial charge in [-0.1, -0.05) is 6.92 Å². The molecule has 1 aromatic rings. The second-order valence-electron chi connectivity index (χ2n) is 5.24. The molecule has 1 aromatic heterocycles. The Morgan fingerprint density at radius 2 is 2.17 bits per heavy atom. The molecule has 0 amide bonds. The van der Waals surface area contributed by atoms with Gasteiger partial charge < -0.3 is 14.8 Å². The van der Waals surface area contributed by atoms with Crippen molar-refractivity contribution in [2.45, 2.75) is 38.6 Å². The molecule has 0 aromatic carbocycles. The molecule has 4 heteroatoms. The van der Waals surface area contributed by atoms with Gasteiger partial charge >= 0.3 is 0 Å². The van der Waals surface area contributed by atoms with Gasteiger partial charge in [0.05, 0.1) is 0 Å². The van der Waals surface area contributed by atoms with Crippen molar-refractivity contribution in [1.29, 1.82) is 0 Å². The van der Waals surface area contributed by atoms with Crippen LogP contribution in [0, 0.1) is 0 Å². The number of rotatable bonds is 9. The first kappa shape index (κ1) is 15.2. The fraction of sp³-hybridized carbons (Fsp3) is 0.786. The Hall–Kier alpha value is -0.870. The van der Waals surface area contributed by atoms with Crippen LogP contribution in [0.1, 0.15) is 32.0 Å². The molecule has 0 bridgehead atoms. The fourth-order valence-electron chi connectivity index (χ4n) is 2.05. The Balaban J connectivity index is 2.37. The molecular weight excluding hydrogens is 224 g/mol. The van der Waals surface area contributed by atoms with Crippen molar-refractivity contribution in [2.24, 2.45) is 7.05 Å². The summed E-state index contributed by atoms with van der Waals surface area (Å²) in [6.07, 6.45) is 8.52. The highest BCUT2D eigenvalue weighted by molar-refractivity contribution is 4.92. The van der Waals surface area contributed by atoms with E-state index in [1.807, 2.05) is 12.4 Å². The van der Waals surface area contributed by atoms with E-state index < -0.39 is 0 Å². The maximum atomic E-state index is 4.39. The van der Waals surface area contributed by atoms with E-state index in [9.17, 15) is 0 Å². The summed E-state index contributed by atoms with van der Waals surface area (Å²) in [5.74, 6) is 1.18. The van der Waals surface area contributed by atoms with E-state index in [1.165, 1.54) is 25.1 Å². The summed E-state index contributed by atoms with van der Waals surface area (Å²) in [7, 11) is 6.34. The third-order valence-electron chi connectivity index (χ3n) is 3.25. The molecule has 104 valence electrons. The predicted molar refractivity (Wildman–Crippen MR) is 76.8 cm³/mol. The lowest BCUT2D eigenvalue weighted by Crippen LogP contribution is -2.33. The van der Waals surface area contributed by atoms with Crippen molar-refractivity contribution >= 4 is 0 Å². The Kier molecular flexibility index (Phi) is 6.98. The second kappa shape index (κ2) is 8.27. The van der Waals surface area contributed by atoms with Crippen molar-refractivity contribution in [2.75, 3.05) is 27.2 Å². The van der Waals surface area contributed by atoms with E-state index in [1.54, 1.807) is 0 Å². The van der Waals surface area contributed by atoms with Gasteiger partial charge in [0.25, 0.3) is 0 Å². The summed E-state index contributed by atoms with van der Waals surface area (Å²) in [5.41, 5.74) is 0. The van der Waals surface area contributed by atoms with E-state index in [2.05, 4.69) is 47.8 Å². The number of hydrogen-bond donors (Lipinski definition) is 1. The summed E-state index contributed by atoms with van der Waals surface area (Å²) in [6, 6.07) is 0.601. The zero-order valence-electron chi connectivity index (χ0n) is 12.3. The van der Waals surface area contributed by atoms with Gasteiger partial charge in [0.2, 0.25) is 0 Å². The summed E-state index contributed by atoms with van der Waals surface area (Å²) < 4.78 is 2.11. The van der Waals surface area contributed by atoms with Crippen LogP contribution in [0.5, 0.6) is 0 Å². The van der Waals surface area contributed by atoms with Crippen molar-refractivity contribution in [3.63, 3.8) is 0 Å². The smallest absolute Gasteiger partial charge is 0.108 e. The summed E-state index contributed by atoms with van der Waals surface area (Å²) >= 11 is 0. The molecule has 0 aliphatic carbocycles. The first-order valence-electron chi connectivity index (χ1n) is 6.97. The van der Waals surface area contributed by atoms with Crippen LogP contribution in [0.3, 0.4) is 0 Å². The third-order valence-corrected chi connectivity index (χ3v) is 3.25. The van der Waals surface area contributed by atoms with E-state index in [-0.39, 0.29) is 0 Å². The Bertz CT molecular complexity index is 319. The van der Waals surface area contributed by atoms with Gasteiger partial charge in [-0.05, 0) is 46.4 Å². The lowest BCUT2D eigenvalue weighted by molar-refractivity contribution is 0.347. The van der Waals surface area contributed by atoms with Crippen molar-refractivity contribution in [1.82, 2.24) is 19.8 Å². The molecule has 0 saturated carbocycles. The van der Waals surface area contributed by atoms with Crippen LogP contribution >= 0.6 is 0 Å². The topological polar surface area (TPSA) is 33.1 Å². The molecule has 0 spiro atoms. The Labute approximate surface area is 111 Å². The average Bonchev–Trinajstić information content (AvgIpc) is 2.74. The van der Waals surface area contributed by atoms with Crippen molar-refractivity contribution in [3.05, 3.63) is 18.2 Å². The summed E-state index contributed by atoms with van der Waals surface area (Å²) in [4.78, 5) is 6.64. The molecule has 0 radical (unpaired) electrons. The fourth-order valence-corrected chi connectivity index (χ4v) is 2.05. The molecule has 1 unspecified atom stereocenters. The van der Waals surface area contributed by atoms with Gasteiger partial charge in [-0.15, -0.1) is 0 Å². The molecule has 1 rings (SSSR count). The van der Waals surface area contributed by atoms with E-state index >= 15 is 0 Å². The monoisotopic (exact) mass is 252 g/mol. The molecule has 0 saturated heterocycles. The van der Waals surface area contributed by atoms with Crippen LogP contribution in [0.4, 0.5) is 0 Å². The number of nitrogens with one attached hydrogen (secondary N) is 1. The normalized spacial score (nSPS) is 13.2. The molecule has 0 fully saturated rings. The lowest BCUT2D eigenvalue weighted by Gasteiger charge is -2.20. The second-order valence-corrected chi connectivity index (χ2v) is 5.24. The van der Waals surface area contributed by atoms with Crippen LogP contribution in [0.2, 0.25) is 0 Å². The van der Waals surface area contributed by atoms with Gasteiger partial charge in [0.1, 0.15) is 5.82 Å². The molecule has 1 atom stereocenters. The van der Waals surface area contributed by atoms with Gasteiger partial charge in [-0.25, -0.2) is 4.98 Å². The predicted octanol–water partition coefficient (Wildman–Crippen LogP) is 1.67. The third kappa shape index (κ3) is 5.65. The number of aromatic nitrogens is 2. The van der Waals surface area contributed by atoms with Crippen LogP contribution in [0.15, 0.2) is 12.4 Å². The lowest BCUT2D eigenvalue weighted by atomic mass is 10.1. The molecular formula is C14H28N4. The van der Waals surface area contributed by atoms with Crippen LogP contribution in [-0.2, 0) is 13.5 Å². The quantitative estimate of drug-likeness (QED) is 0.726. The highest BCUT2D eigenvalue weighted by Crippen LogP contribution is 2.06. The van der Waals surface area contributed by atoms with Crippen LogP contribution in [0.25, 0.3) is 0 Å². The van der Waals surface area contributed by atoms with Crippen molar-refractivity contribution < 1.29 is 0 Å². The molecule has 1 N–H and O–H groups in total. The minimum absolute atomic E-state index is 0.601. The molecule has 0 aliphatic heterocycles. The summed E-state index contributed by atoms with van der Waals surface area (Å²) in [5, 5.41) is 3.64. The molecule has 18 heavy (non-hydrogen) atoms. The maximum Gasteiger partial charge on any atom is 0.108 e. The standard InChI is InChI=1S/C14H28N4/c1-5-9-15-13(8-11-17(2)3)6-7-14-16-10-12-18(14)4/h10,12-13,15H,5-9,11H2,1-4H3. The van der Waals surface area contributed by atoms with E-state index in [4.69, 9.17) is 0 Å². The van der Waals surface area contributed by atoms with Crippen LogP contribution < -0.4 is 5.32 Å².